The van der Waals surface area contributed by atoms with Gasteiger partial charge < -0.3 is 5.32 Å². The van der Waals surface area contributed by atoms with Crippen LogP contribution in [0.1, 0.15) is 10.6 Å². The Kier molecular flexibility index (Phi) is 5.23. The predicted molar refractivity (Wildman–Crippen MR) is 80.6 cm³/mol. The summed E-state index contributed by atoms with van der Waals surface area (Å²) in [5, 5.41) is 6.61. The van der Waals surface area contributed by atoms with Crippen molar-refractivity contribution < 1.29 is 0 Å². The zero-order chi connectivity index (χ0) is 12.8. The number of hydrogen-bond donors (Lipinski definition) is 1. The highest BCUT2D eigenvalue weighted by Gasteiger charge is 2.09. The van der Waals surface area contributed by atoms with Crippen LogP contribution in [0.5, 0.6) is 0 Å². The minimum absolute atomic E-state index is 0.474. The Morgan fingerprint density at radius 3 is 2.72 bits per heavy atom. The third kappa shape index (κ3) is 4.12. The Hall–Kier alpha value is -0.840. The van der Waals surface area contributed by atoms with Gasteiger partial charge in [-0.1, -0.05) is 17.7 Å². The number of aromatic nitrogens is 1. The van der Waals surface area contributed by atoms with Crippen molar-refractivity contribution in [3.05, 3.63) is 46.4 Å². The fourth-order valence-corrected chi connectivity index (χ4v) is 3.34. The van der Waals surface area contributed by atoms with E-state index in [1.807, 2.05) is 30.4 Å². The molecule has 0 aliphatic rings. The summed E-state index contributed by atoms with van der Waals surface area (Å²) in [4.78, 5) is 5.67. The average Bonchev–Trinajstić information content (AvgIpc) is 2.89. The topological polar surface area (TPSA) is 24.9 Å². The molecule has 2 aromatic rings. The lowest BCUT2D eigenvalue weighted by Crippen LogP contribution is -2.29. The Balaban J connectivity index is 1.85. The Morgan fingerprint density at radius 1 is 1.33 bits per heavy atom. The quantitative estimate of drug-likeness (QED) is 0.820. The van der Waals surface area contributed by atoms with E-state index in [1.54, 1.807) is 11.3 Å². The summed E-state index contributed by atoms with van der Waals surface area (Å²) < 4.78 is 0. The number of likely N-dealkylation sites (N-methyl/N-ethyl adjacent to an activating group) is 1. The van der Waals surface area contributed by atoms with Crippen molar-refractivity contribution in [3.63, 3.8) is 0 Å². The summed E-state index contributed by atoms with van der Waals surface area (Å²) in [6, 6.07) is 9.18. The van der Waals surface area contributed by atoms with Crippen LogP contribution in [0.4, 0.5) is 0 Å². The molecule has 1 aromatic carbocycles. The molecule has 4 heteroatoms. The molecule has 1 unspecified atom stereocenters. The van der Waals surface area contributed by atoms with Gasteiger partial charge in [-0.15, -0.1) is 23.1 Å². The van der Waals surface area contributed by atoms with E-state index in [0.717, 1.165) is 12.2 Å². The average molecular weight is 278 g/mol. The van der Waals surface area contributed by atoms with Crippen molar-refractivity contribution in [3.8, 4) is 0 Å². The molecule has 0 spiro atoms. The molecule has 0 saturated heterocycles. The van der Waals surface area contributed by atoms with E-state index in [4.69, 9.17) is 0 Å². The normalized spacial score (nSPS) is 12.6. The number of aryl methyl sites for hydroxylation is 1. The van der Waals surface area contributed by atoms with Crippen LogP contribution in [0.15, 0.2) is 40.7 Å². The number of hydrogen-bond acceptors (Lipinski definition) is 4. The lowest BCUT2D eigenvalue weighted by atomic mass is 10.2. The molecule has 1 aromatic heterocycles. The van der Waals surface area contributed by atoms with Crippen LogP contribution in [0, 0.1) is 6.92 Å². The van der Waals surface area contributed by atoms with E-state index in [1.165, 1.54) is 15.5 Å². The molecule has 0 aliphatic heterocycles. The van der Waals surface area contributed by atoms with Crippen molar-refractivity contribution in [2.24, 2.45) is 0 Å². The molecule has 1 heterocycles. The van der Waals surface area contributed by atoms with Gasteiger partial charge in [0.25, 0.3) is 0 Å². The van der Waals surface area contributed by atoms with Gasteiger partial charge in [-0.2, -0.15) is 0 Å². The molecule has 0 fully saturated rings. The number of benzene rings is 1. The minimum Gasteiger partial charge on any atom is -0.316 e. The predicted octanol–water partition coefficient (Wildman–Crippen LogP) is 3.37. The Labute approximate surface area is 117 Å². The first-order valence-corrected chi connectivity index (χ1v) is 7.89. The van der Waals surface area contributed by atoms with E-state index in [-0.39, 0.29) is 0 Å². The molecule has 1 atom stereocenters. The molecule has 0 bridgehead atoms. The van der Waals surface area contributed by atoms with E-state index >= 15 is 0 Å². The van der Waals surface area contributed by atoms with Crippen molar-refractivity contribution in [2.45, 2.75) is 24.3 Å². The van der Waals surface area contributed by atoms with Crippen molar-refractivity contribution >= 4 is 23.1 Å². The van der Waals surface area contributed by atoms with Crippen LogP contribution in [0.3, 0.4) is 0 Å². The first-order chi connectivity index (χ1) is 8.78. The summed E-state index contributed by atoms with van der Waals surface area (Å²) >= 11 is 3.63. The molecular formula is C14H18N2S2. The maximum absolute atomic E-state index is 4.34. The number of rotatable bonds is 6. The Morgan fingerprint density at radius 2 is 2.11 bits per heavy atom. The molecule has 0 saturated carbocycles. The highest BCUT2D eigenvalue weighted by atomic mass is 32.2. The van der Waals surface area contributed by atoms with Crippen LogP contribution < -0.4 is 5.32 Å². The van der Waals surface area contributed by atoms with Gasteiger partial charge in [0.2, 0.25) is 0 Å². The third-order valence-corrected chi connectivity index (χ3v) is 4.76. The van der Waals surface area contributed by atoms with E-state index in [9.17, 15) is 0 Å². The van der Waals surface area contributed by atoms with Crippen LogP contribution in [0.25, 0.3) is 0 Å². The smallest absolute Gasteiger partial charge is 0.0940 e. The Bertz CT molecular complexity index is 451. The van der Waals surface area contributed by atoms with Gasteiger partial charge >= 0.3 is 0 Å². The van der Waals surface area contributed by atoms with Gasteiger partial charge in [-0.25, -0.2) is 4.98 Å². The number of nitrogens with one attached hydrogen (secondary N) is 1. The fraction of sp³-hybridized carbons (Fsp3) is 0.357. The maximum atomic E-state index is 4.34. The van der Waals surface area contributed by atoms with Crippen molar-refractivity contribution in [1.82, 2.24) is 10.3 Å². The van der Waals surface area contributed by atoms with Gasteiger partial charge in [0.15, 0.2) is 0 Å². The molecule has 0 radical (unpaired) electrons. The van der Waals surface area contributed by atoms with Gasteiger partial charge in [0.05, 0.1) is 5.01 Å². The summed E-state index contributed by atoms with van der Waals surface area (Å²) in [5.41, 5.74) is 1.31. The molecule has 18 heavy (non-hydrogen) atoms. The van der Waals surface area contributed by atoms with Crippen LogP contribution >= 0.6 is 23.1 Å². The van der Waals surface area contributed by atoms with Gasteiger partial charge in [-0.3, -0.25) is 0 Å². The van der Waals surface area contributed by atoms with Crippen LogP contribution in [-0.2, 0) is 6.42 Å². The fourth-order valence-electron chi connectivity index (χ4n) is 1.64. The highest BCUT2D eigenvalue weighted by Crippen LogP contribution is 2.20. The van der Waals surface area contributed by atoms with Crippen molar-refractivity contribution in [2.75, 3.05) is 12.8 Å². The van der Waals surface area contributed by atoms with Gasteiger partial charge in [0, 0.05) is 34.7 Å². The second-order valence-electron chi connectivity index (χ2n) is 4.24. The second-order valence-corrected chi connectivity index (χ2v) is 6.31. The number of nitrogens with zero attached hydrogens (tertiary/aromatic N) is 1. The molecule has 2 rings (SSSR count). The lowest BCUT2D eigenvalue weighted by molar-refractivity contribution is 0.615. The minimum atomic E-state index is 0.474. The zero-order valence-electron chi connectivity index (χ0n) is 10.7. The third-order valence-electron chi connectivity index (χ3n) is 2.78. The van der Waals surface area contributed by atoms with E-state index in [0.29, 0.717) is 6.04 Å². The summed E-state index contributed by atoms with van der Waals surface area (Å²) in [7, 11) is 2.02. The molecule has 0 aliphatic carbocycles. The van der Waals surface area contributed by atoms with Crippen LogP contribution in [0.2, 0.25) is 0 Å². The largest absolute Gasteiger partial charge is 0.316 e. The first-order valence-electron chi connectivity index (χ1n) is 6.03. The molecule has 2 nitrogen and oxygen atoms in total. The van der Waals surface area contributed by atoms with Crippen molar-refractivity contribution in [1.29, 1.82) is 0 Å². The molecule has 1 N–H and O–H groups in total. The van der Waals surface area contributed by atoms with E-state index < -0.39 is 0 Å². The van der Waals surface area contributed by atoms with E-state index in [2.05, 4.69) is 41.5 Å². The second kappa shape index (κ2) is 6.92. The van der Waals surface area contributed by atoms with Crippen LogP contribution in [-0.4, -0.2) is 23.8 Å². The number of thiazole rings is 1. The van der Waals surface area contributed by atoms with Gasteiger partial charge in [-0.05, 0) is 26.1 Å². The summed E-state index contributed by atoms with van der Waals surface area (Å²) in [6.45, 7) is 2.12. The van der Waals surface area contributed by atoms with Gasteiger partial charge in [0.1, 0.15) is 0 Å². The molecular weight excluding hydrogens is 260 g/mol. The molecule has 96 valence electrons. The first kappa shape index (κ1) is 13.6. The summed E-state index contributed by atoms with van der Waals surface area (Å²) in [6.07, 6.45) is 2.88. The monoisotopic (exact) mass is 278 g/mol. The lowest BCUT2D eigenvalue weighted by Gasteiger charge is -2.14. The summed E-state index contributed by atoms with van der Waals surface area (Å²) in [5.74, 6) is 1.07. The standard InChI is InChI=1S/C14H18N2S2/c1-11-3-5-13(6-4-11)18-10-12(15-2)9-14-16-7-8-17-14/h3-8,12,15H,9-10H2,1-2H3. The SMILES string of the molecule is CNC(CSc1ccc(C)cc1)Cc1nccs1. The zero-order valence-corrected chi connectivity index (χ0v) is 12.4. The highest BCUT2D eigenvalue weighted by molar-refractivity contribution is 7.99. The molecule has 0 amide bonds. The maximum Gasteiger partial charge on any atom is 0.0940 e. The number of thioether (sulfide) groups is 1.